The lowest BCUT2D eigenvalue weighted by Crippen LogP contribution is -2.57. The van der Waals surface area contributed by atoms with Crippen LogP contribution in [0.15, 0.2) is 0 Å². The molecule has 0 bridgehead atoms. The Kier molecular flexibility index (Phi) is 5.41. The van der Waals surface area contributed by atoms with Gasteiger partial charge in [-0.2, -0.15) is 0 Å². The van der Waals surface area contributed by atoms with Crippen molar-refractivity contribution in [1.29, 1.82) is 0 Å². The molecule has 1 aliphatic carbocycles. The number of hydrogen-bond acceptors (Lipinski definition) is 4. The first kappa shape index (κ1) is 15.7. The molecular weight excluding hydrogens is 254 g/mol. The summed E-state index contributed by atoms with van der Waals surface area (Å²) in [5, 5.41) is 12.9. The van der Waals surface area contributed by atoms with Gasteiger partial charge in [-0.1, -0.05) is 12.8 Å². The van der Waals surface area contributed by atoms with Gasteiger partial charge in [0.2, 0.25) is 5.91 Å². The van der Waals surface area contributed by atoms with Gasteiger partial charge < -0.3 is 15.3 Å². The van der Waals surface area contributed by atoms with Gasteiger partial charge >= 0.3 is 0 Å². The second kappa shape index (κ2) is 6.87. The van der Waals surface area contributed by atoms with E-state index in [0.29, 0.717) is 13.1 Å². The van der Waals surface area contributed by atoms with Gasteiger partial charge in [0.15, 0.2) is 0 Å². The van der Waals surface area contributed by atoms with Crippen LogP contribution in [-0.2, 0) is 4.79 Å². The second-order valence-electron chi connectivity index (χ2n) is 6.56. The number of likely N-dealkylation sites (tertiary alicyclic amines) is 1. The minimum atomic E-state index is -0.494. The zero-order valence-corrected chi connectivity index (χ0v) is 12.9. The third-order valence-electron chi connectivity index (χ3n) is 4.64. The fraction of sp³-hybridized carbons (Fsp3) is 0.933. The molecule has 0 radical (unpaired) electrons. The summed E-state index contributed by atoms with van der Waals surface area (Å²) < 4.78 is 0. The lowest BCUT2D eigenvalue weighted by molar-refractivity contribution is -0.133. The summed E-state index contributed by atoms with van der Waals surface area (Å²) in [6.45, 7) is 3.03. The van der Waals surface area contributed by atoms with Crippen LogP contribution < -0.4 is 5.32 Å². The third-order valence-corrected chi connectivity index (χ3v) is 4.64. The molecule has 1 saturated carbocycles. The van der Waals surface area contributed by atoms with Gasteiger partial charge in [0.1, 0.15) is 5.54 Å². The number of aliphatic hydroxyl groups excluding tert-OH is 1. The average molecular weight is 283 g/mol. The highest BCUT2D eigenvalue weighted by atomic mass is 16.3. The largest absolute Gasteiger partial charge is 0.390 e. The number of hydrogen-bond donors (Lipinski definition) is 2. The first-order valence-corrected chi connectivity index (χ1v) is 7.91. The number of nitrogens with zero attached hydrogens (tertiary/aromatic N) is 2. The number of rotatable bonds is 6. The quantitative estimate of drug-likeness (QED) is 0.742. The molecule has 1 aliphatic heterocycles. The van der Waals surface area contributed by atoms with Gasteiger partial charge in [0, 0.05) is 13.1 Å². The Labute approximate surface area is 122 Å². The first-order chi connectivity index (χ1) is 9.54. The van der Waals surface area contributed by atoms with Crippen LogP contribution in [0, 0.1) is 0 Å². The van der Waals surface area contributed by atoms with Crippen LogP contribution in [0.5, 0.6) is 0 Å². The van der Waals surface area contributed by atoms with Crippen LogP contribution in [0.1, 0.15) is 38.5 Å². The topological polar surface area (TPSA) is 55.8 Å². The van der Waals surface area contributed by atoms with Crippen LogP contribution >= 0.6 is 0 Å². The molecule has 1 heterocycles. The summed E-state index contributed by atoms with van der Waals surface area (Å²) in [7, 11) is 3.85. The van der Waals surface area contributed by atoms with Crippen LogP contribution in [0.25, 0.3) is 0 Å². The molecule has 2 rings (SSSR count). The van der Waals surface area contributed by atoms with Crippen LogP contribution in [0.2, 0.25) is 0 Å². The van der Waals surface area contributed by atoms with E-state index < -0.39 is 6.10 Å². The molecule has 1 amide bonds. The van der Waals surface area contributed by atoms with Crippen molar-refractivity contribution in [1.82, 2.24) is 15.1 Å². The number of likely N-dealkylation sites (N-methyl/N-ethyl adjacent to an activating group) is 1. The fourth-order valence-corrected chi connectivity index (χ4v) is 3.65. The van der Waals surface area contributed by atoms with E-state index >= 15 is 0 Å². The zero-order valence-electron chi connectivity index (χ0n) is 12.9. The van der Waals surface area contributed by atoms with Crippen molar-refractivity contribution in [2.45, 2.75) is 50.2 Å². The Bertz CT molecular complexity index is 321. The maximum atomic E-state index is 12.7. The molecule has 2 N–H and O–H groups in total. The van der Waals surface area contributed by atoms with Gasteiger partial charge in [0.25, 0.3) is 0 Å². The fourth-order valence-electron chi connectivity index (χ4n) is 3.65. The monoisotopic (exact) mass is 283 g/mol. The first-order valence-electron chi connectivity index (χ1n) is 7.91. The van der Waals surface area contributed by atoms with Crippen molar-refractivity contribution in [3.63, 3.8) is 0 Å². The Morgan fingerprint density at radius 3 is 2.40 bits per heavy atom. The highest BCUT2D eigenvalue weighted by Crippen LogP contribution is 2.37. The smallest absolute Gasteiger partial charge is 0.240 e. The summed E-state index contributed by atoms with van der Waals surface area (Å²) in [6, 6.07) is 0. The maximum Gasteiger partial charge on any atom is 0.240 e. The molecule has 2 aliphatic rings. The van der Waals surface area contributed by atoms with E-state index in [1.165, 1.54) is 12.8 Å². The molecule has 5 heteroatoms. The van der Waals surface area contributed by atoms with E-state index in [-0.39, 0.29) is 11.4 Å². The lowest BCUT2D eigenvalue weighted by Gasteiger charge is -2.37. The van der Waals surface area contributed by atoms with E-state index in [1.54, 1.807) is 0 Å². The predicted molar refractivity (Wildman–Crippen MR) is 79.6 cm³/mol. The Morgan fingerprint density at radius 1 is 1.25 bits per heavy atom. The molecule has 0 aromatic heterocycles. The maximum absolute atomic E-state index is 12.7. The molecule has 1 saturated heterocycles. The summed E-state index contributed by atoms with van der Waals surface area (Å²) >= 11 is 0. The minimum absolute atomic E-state index is 0.134. The molecule has 0 aromatic rings. The molecule has 0 spiro atoms. The SMILES string of the molecule is CN(C)CC(O)CNC(=O)C1(N2CCCC2)CCCC1. The average Bonchev–Trinajstić information content (AvgIpc) is 3.05. The number of amides is 1. The van der Waals surface area contributed by atoms with Gasteiger partial charge in [0.05, 0.1) is 6.10 Å². The zero-order chi connectivity index (χ0) is 14.6. The molecule has 0 aromatic carbocycles. The minimum Gasteiger partial charge on any atom is -0.390 e. The second-order valence-corrected chi connectivity index (χ2v) is 6.56. The standard InChI is InChI=1S/C15H29N3O2/c1-17(2)12-13(19)11-16-14(20)15(7-3-4-8-15)18-9-5-6-10-18/h13,19H,3-12H2,1-2H3,(H,16,20). The number of carbonyl (C=O) groups excluding carboxylic acids is 1. The van der Waals surface area contributed by atoms with Crippen molar-refractivity contribution in [3.05, 3.63) is 0 Å². The van der Waals surface area contributed by atoms with Crippen molar-refractivity contribution >= 4 is 5.91 Å². The Hall–Kier alpha value is -0.650. The molecular formula is C15H29N3O2. The molecule has 1 unspecified atom stereocenters. The van der Waals surface area contributed by atoms with Crippen molar-refractivity contribution in [2.24, 2.45) is 0 Å². The molecule has 116 valence electrons. The predicted octanol–water partition coefficient (Wildman–Crippen LogP) is 0.434. The van der Waals surface area contributed by atoms with Crippen molar-refractivity contribution in [2.75, 3.05) is 40.3 Å². The lowest BCUT2D eigenvalue weighted by atomic mass is 9.94. The summed E-state index contributed by atoms with van der Waals surface area (Å²) in [5.74, 6) is 0.134. The van der Waals surface area contributed by atoms with E-state index in [2.05, 4.69) is 10.2 Å². The summed E-state index contributed by atoms with van der Waals surface area (Å²) in [5.41, 5.74) is -0.283. The van der Waals surface area contributed by atoms with Gasteiger partial charge in [-0.25, -0.2) is 0 Å². The summed E-state index contributed by atoms with van der Waals surface area (Å²) in [4.78, 5) is 17.0. The normalized spacial score (nSPS) is 24.2. The molecule has 2 fully saturated rings. The Balaban J connectivity index is 1.90. The van der Waals surface area contributed by atoms with Crippen LogP contribution in [0.4, 0.5) is 0 Å². The third kappa shape index (κ3) is 3.51. The summed E-state index contributed by atoms with van der Waals surface area (Å²) in [6.07, 6.45) is 6.15. The molecule has 1 atom stereocenters. The van der Waals surface area contributed by atoms with E-state index in [4.69, 9.17) is 0 Å². The number of nitrogens with one attached hydrogen (secondary N) is 1. The van der Waals surface area contributed by atoms with Gasteiger partial charge in [-0.15, -0.1) is 0 Å². The van der Waals surface area contributed by atoms with E-state index in [0.717, 1.165) is 38.8 Å². The van der Waals surface area contributed by atoms with Crippen molar-refractivity contribution in [3.8, 4) is 0 Å². The Morgan fingerprint density at radius 2 is 1.85 bits per heavy atom. The van der Waals surface area contributed by atoms with Crippen molar-refractivity contribution < 1.29 is 9.90 Å². The molecule has 20 heavy (non-hydrogen) atoms. The van der Waals surface area contributed by atoms with E-state index in [1.807, 2.05) is 19.0 Å². The molecule has 5 nitrogen and oxygen atoms in total. The van der Waals surface area contributed by atoms with Crippen LogP contribution in [0.3, 0.4) is 0 Å². The van der Waals surface area contributed by atoms with E-state index in [9.17, 15) is 9.90 Å². The van der Waals surface area contributed by atoms with Gasteiger partial charge in [-0.3, -0.25) is 9.69 Å². The number of carbonyl (C=O) groups is 1. The highest BCUT2D eigenvalue weighted by Gasteiger charge is 2.46. The highest BCUT2D eigenvalue weighted by molar-refractivity contribution is 5.86. The van der Waals surface area contributed by atoms with Gasteiger partial charge in [-0.05, 0) is 52.9 Å². The number of aliphatic hydroxyl groups is 1. The van der Waals surface area contributed by atoms with Crippen LogP contribution in [-0.4, -0.2) is 72.7 Å².